The number of hydrogen-bond donors (Lipinski definition) is 0. The number of rotatable bonds is 6. The Balaban J connectivity index is 1.54. The van der Waals surface area contributed by atoms with Gasteiger partial charge in [0, 0.05) is 32.7 Å². The predicted molar refractivity (Wildman–Crippen MR) is 98.3 cm³/mol. The van der Waals surface area contributed by atoms with Crippen molar-refractivity contribution >= 4 is 10.0 Å². The zero-order valence-corrected chi connectivity index (χ0v) is 15.6. The Hall–Kier alpha value is -1.96. The summed E-state index contributed by atoms with van der Waals surface area (Å²) in [7, 11) is -1.92. The second-order valence-electron chi connectivity index (χ2n) is 6.30. The number of sulfonamides is 1. The van der Waals surface area contributed by atoms with Crippen molar-refractivity contribution in [2.75, 3.05) is 39.8 Å². The van der Waals surface area contributed by atoms with Crippen molar-refractivity contribution in [3.8, 4) is 5.75 Å². The third-order valence-corrected chi connectivity index (χ3v) is 6.57. The number of piperazine rings is 1. The van der Waals surface area contributed by atoms with Gasteiger partial charge in [-0.1, -0.05) is 12.1 Å². The number of methoxy groups -OCH3 is 1. The first-order chi connectivity index (χ1) is 12.5. The molecule has 3 rings (SSSR count). The molecule has 140 valence electrons. The van der Waals surface area contributed by atoms with Crippen molar-refractivity contribution in [1.82, 2.24) is 9.21 Å². The van der Waals surface area contributed by atoms with Crippen molar-refractivity contribution in [2.45, 2.75) is 11.3 Å². The van der Waals surface area contributed by atoms with Crippen LogP contribution in [0.4, 0.5) is 4.39 Å². The lowest BCUT2D eigenvalue weighted by Crippen LogP contribution is -2.48. The molecule has 2 aromatic rings. The van der Waals surface area contributed by atoms with Crippen molar-refractivity contribution < 1.29 is 17.5 Å². The Morgan fingerprint density at radius 1 is 0.962 bits per heavy atom. The molecule has 26 heavy (non-hydrogen) atoms. The molecule has 0 N–H and O–H groups in total. The molecule has 0 saturated carbocycles. The minimum absolute atomic E-state index is 0.230. The summed E-state index contributed by atoms with van der Waals surface area (Å²) >= 11 is 0. The molecule has 0 atom stereocenters. The van der Waals surface area contributed by atoms with E-state index in [9.17, 15) is 12.8 Å². The molecule has 0 spiro atoms. The van der Waals surface area contributed by atoms with Crippen LogP contribution in [-0.2, 0) is 16.4 Å². The summed E-state index contributed by atoms with van der Waals surface area (Å²) in [6, 6.07) is 13.0. The van der Waals surface area contributed by atoms with Crippen LogP contribution in [0.2, 0.25) is 0 Å². The van der Waals surface area contributed by atoms with Crippen LogP contribution in [0.3, 0.4) is 0 Å². The largest absolute Gasteiger partial charge is 0.497 e. The highest BCUT2D eigenvalue weighted by Crippen LogP contribution is 2.20. The minimum Gasteiger partial charge on any atom is -0.497 e. The van der Waals surface area contributed by atoms with Crippen LogP contribution in [-0.4, -0.2) is 57.5 Å². The summed E-state index contributed by atoms with van der Waals surface area (Å²) in [6.45, 7) is 3.16. The van der Waals surface area contributed by atoms with Crippen molar-refractivity contribution in [3.63, 3.8) is 0 Å². The summed E-state index contributed by atoms with van der Waals surface area (Å²) < 4.78 is 45.0. The highest BCUT2D eigenvalue weighted by molar-refractivity contribution is 7.89. The maximum absolute atomic E-state index is 12.9. The van der Waals surface area contributed by atoms with Gasteiger partial charge in [-0.2, -0.15) is 4.31 Å². The Bertz CT molecular complexity index is 815. The predicted octanol–water partition coefficient (Wildman–Crippen LogP) is 2.38. The van der Waals surface area contributed by atoms with E-state index in [4.69, 9.17) is 4.74 Å². The van der Waals surface area contributed by atoms with Gasteiger partial charge in [-0.3, -0.25) is 0 Å². The van der Waals surface area contributed by atoms with Gasteiger partial charge in [0.25, 0.3) is 0 Å². The van der Waals surface area contributed by atoms with E-state index >= 15 is 0 Å². The van der Waals surface area contributed by atoms with Crippen LogP contribution in [0.25, 0.3) is 0 Å². The average Bonchev–Trinajstić information content (AvgIpc) is 2.68. The molecule has 1 aliphatic rings. The summed E-state index contributed by atoms with van der Waals surface area (Å²) in [5.41, 5.74) is 1.08. The zero-order valence-electron chi connectivity index (χ0n) is 14.8. The molecular weight excluding hydrogens is 355 g/mol. The minimum atomic E-state index is -3.47. The Morgan fingerprint density at radius 2 is 1.58 bits per heavy atom. The molecule has 1 saturated heterocycles. The fourth-order valence-electron chi connectivity index (χ4n) is 3.03. The average molecular weight is 378 g/mol. The first-order valence-electron chi connectivity index (χ1n) is 8.60. The molecule has 1 fully saturated rings. The summed E-state index contributed by atoms with van der Waals surface area (Å²) in [4.78, 5) is 2.53. The summed E-state index contributed by atoms with van der Waals surface area (Å²) in [6.07, 6.45) is 0.825. The molecule has 7 heteroatoms. The van der Waals surface area contributed by atoms with E-state index in [0.717, 1.165) is 18.5 Å². The van der Waals surface area contributed by atoms with Crippen LogP contribution in [0.15, 0.2) is 53.4 Å². The standard InChI is InChI=1S/C19H23FN2O3S/c1-25-18-6-8-19(9-7-18)26(23,24)22-14-12-21(13-15-22)11-10-16-2-4-17(20)5-3-16/h2-9H,10-15H2,1H3. The van der Waals surface area contributed by atoms with E-state index in [1.54, 1.807) is 43.5 Å². The van der Waals surface area contributed by atoms with Crippen LogP contribution in [0, 0.1) is 5.82 Å². The van der Waals surface area contributed by atoms with Gasteiger partial charge < -0.3 is 9.64 Å². The second kappa shape index (κ2) is 8.16. The van der Waals surface area contributed by atoms with Gasteiger partial charge in [0.2, 0.25) is 10.0 Å². The molecule has 0 bridgehead atoms. The molecule has 0 radical (unpaired) electrons. The molecule has 2 aromatic carbocycles. The van der Waals surface area contributed by atoms with Gasteiger partial charge in [0.1, 0.15) is 11.6 Å². The van der Waals surface area contributed by atoms with Crippen molar-refractivity contribution in [1.29, 1.82) is 0 Å². The molecular formula is C19H23FN2O3S. The molecule has 5 nitrogen and oxygen atoms in total. The van der Waals surface area contributed by atoms with Gasteiger partial charge in [0.05, 0.1) is 12.0 Å². The Morgan fingerprint density at radius 3 is 2.15 bits per heavy atom. The maximum Gasteiger partial charge on any atom is 0.243 e. The SMILES string of the molecule is COc1ccc(S(=O)(=O)N2CCN(CCc3ccc(F)cc3)CC2)cc1. The highest BCUT2D eigenvalue weighted by Gasteiger charge is 2.28. The Labute approximate surface area is 154 Å². The molecule has 1 aliphatic heterocycles. The van der Waals surface area contributed by atoms with Crippen LogP contribution in [0.1, 0.15) is 5.56 Å². The third-order valence-electron chi connectivity index (χ3n) is 4.66. The van der Waals surface area contributed by atoms with E-state index in [1.165, 1.54) is 16.4 Å². The first kappa shape index (κ1) is 18.8. The van der Waals surface area contributed by atoms with Crippen LogP contribution >= 0.6 is 0 Å². The van der Waals surface area contributed by atoms with Crippen molar-refractivity contribution in [2.24, 2.45) is 0 Å². The van der Waals surface area contributed by atoms with Gasteiger partial charge in [-0.25, -0.2) is 12.8 Å². The first-order valence-corrected chi connectivity index (χ1v) is 10.0. The van der Waals surface area contributed by atoms with Gasteiger partial charge in [-0.15, -0.1) is 0 Å². The molecule has 0 aromatic heterocycles. The highest BCUT2D eigenvalue weighted by atomic mass is 32.2. The molecule has 0 unspecified atom stereocenters. The quantitative estimate of drug-likeness (QED) is 0.775. The van der Waals surface area contributed by atoms with E-state index in [2.05, 4.69) is 4.90 Å². The second-order valence-corrected chi connectivity index (χ2v) is 8.24. The number of nitrogens with zero attached hydrogens (tertiary/aromatic N) is 2. The number of halogens is 1. The number of hydrogen-bond acceptors (Lipinski definition) is 4. The topological polar surface area (TPSA) is 49.9 Å². The lowest BCUT2D eigenvalue weighted by molar-refractivity contribution is 0.190. The maximum atomic E-state index is 12.9. The number of ether oxygens (including phenoxy) is 1. The fraction of sp³-hybridized carbons (Fsp3) is 0.368. The van der Waals surface area contributed by atoms with Gasteiger partial charge in [0.15, 0.2) is 0 Å². The van der Waals surface area contributed by atoms with Crippen LogP contribution in [0.5, 0.6) is 5.75 Å². The van der Waals surface area contributed by atoms with Crippen molar-refractivity contribution in [3.05, 3.63) is 59.9 Å². The number of benzene rings is 2. The Kier molecular flexibility index (Phi) is 5.90. The summed E-state index contributed by atoms with van der Waals surface area (Å²) in [5, 5.41) is 0. The fourth-order valence-corrected chi connectivity index (χ4v) is 4.45. The van der Waals surface area contributed by atoms with E-state index in [-0.39, 0.29) is 10.7 Å². The lowest BCUT2D eigenvalue weighted by Gasteiger charge is -2.34. The third kappa shape index (κ3) is 4.41. The molecule has 1 heterocycles. The normalized spacial score (nSPS) is 16.5. The van der Waals surface area contributed by atoms with E-state index < -0.39 is 10.0 Å². The monoisotopic (exact) mass is 378 g/mol. The lowest BCUT2D eigenvalue weighted by atomic mass is 10.1. The molecule has 0 aliphatic carbocycles. The van der Waals surface area contributed by atoms with Gasteiger partial charge >= 0.3 is 0 Å². The van der Waals surface area contributed by atoms with E-state index in [1.807, 2.05) is 0 Å². The zero-order chi connectivity index (χ0) is 18.6. The smallest absolute Gasteiger partial charge is 0.243 e. The van der Waals surface area contributed by atoms with Gasteiger partial charge in [-0.05, 0) is 48.4 Å². The summed E-state index contributed by atoms with van der Waals surface area (Å²) in [5.74, 6) is 0.403. The molecule has 0 amide bonds. The van der Waals surface area contributed by atoms with Crippen LogP contribution < -0.4 is 4.74 Å². The van der Waals surface area contributed by atoms with E-state index in [0.29, 0.717) is 31.9 Å².